The molecule has 7 heteroatoms. The molecular weight excluding hydrogens is 369 g/mol. The molecule has 150 valence electrons. The lowest BCUT2D eigenvalue weighted by Crippen LogP contribution is -2.20. The molecule has 1 unspecified atom stereocenters. The van der Waals surface area contributed by atoms with Crippen molar-refractivity contribution >= 4 is 11.6 Å². The predicted molar refractivity (Wildman–Crippen MR) is 101 cm³/mol. The van der Waals surface area contributed by atoms with Crippen LogP contribution in [0.1, 0.15) is 36.9 Å². The quantitative estimate of drug-likeness (QED) is 0.677. The zero-order chi connectivity index (χ0) is 20.1. The van der Waals surface area contributed by atoms with E-state index in [1.54, 1.807) is 12.1 Å². The average Bonchev–Trinajstić information content (AvgIpc) is 3.50. The number of nitrogens with one attached hydrogen (secondary N) is 2. The maximum Gasteiger partial charge on any atom is 0.422 e. The second kappa shape index (κ2) is 8.65. The van der Waals surface area contributed by atoms with Gasteiger partial charge in [0.05, 0.1) is 0 Å². The highest BCUT2D eigenvalue weighted by atomic mass is 19.4. The SMILES string of the molecule is CC(NCc1cccc(OCC(F)(F)F)c1)c1ccc(NC(=O)C2CC2)cc1. The fourth-order valence-electron chi connectivity index (χ4n) is 2.74. The summed E-state index contributed by atoms with van der Waals surface area (Å²) in [5, 5.41) is 6.24. The highest BCUT2D eigenvalue weighted by Crippen LogP contribution is 2.30. The number of benzene rings is 2. The van der Waals surface area contributed by atoms with Gasteiger partial charge in [0, 0.05) is 24.2 Å². The molecule has 1 amide bonds. The van der Waals surface area contributed by atoms with E-state index in [0.29, 0.717) is 6.54 Å². The number of anilines is 1. The number of carbonyl (C=O) groups is 1. The molecule has 3 rings (SSSR count). The molecule has 0 radical (unpaired) electrons. The van der Waals surface area contributed by atoms with Gasteiger partial charge in [0.1, 0.15) is 5.75 Å². The van der Waals surface area contributed by atoms with Crippen molar-refractivity contribution in [3.63, 3.8) is 0 Å². The Kier molecular flexibility index (Phi) is 6.24. The van der Waals surface area contributed by atoms with Gasteiger partial charge < -0.3 is 15.4 Å². The van der Waals surface area contributed by atoms with Gasteiger partial charge in [-0.2, -0.15) is 13.2 Å². The minimum absolute atomic E-state index is 0.0351. The first-order valence-electron chi connectivity index (χ1n) is 9.23. The van der Waals surface area contributed by atoms with Gasteiger partial charge in [-0.1, -0.05) is 24.3 Å². The Bertz CT molecular complexity index is 802. The Hall–Kier alpha value is -2.54. The summed E-state index contributed by atoms with van der Waals surface area (Å²) in [7, 11) is 0. The van der Waals surface area contributed by atoms with E-state index < -0.39 is 12.8 Å². The van der Waals surface area contributed by atoms with Crippen molar-refractivity contribution in [2.45, 2.75) is 38.5 Å². The van der Waals surface area contributed by atoms with E-state index in [-0.39, 0.29) is 23.6 Å². The Morgan fingerprint density at radius 3 is 2.54 bits per heavy atom. The van der Waals surface area contributed by atoms with Gasteiger partial charge in [-0.05, 0) is 55.2 Å². The number of amides is 1. The average molecular weight is 392 g/mol. The number of hydrogen-bond donors (Lipinski definition) is 2. The predicted octanol–water partition coefficient (Wildman–Crippen LogP) is 4.83. The van der Waals surface area contributed by atoms with Crippen molar-refractivity contribution in [1.29, 1.82) is 0 Å². The fourth-order valence-corrected chi connectivity index (χ4v) is 2.74. The summed E-state index contributed by atoms with van der Waals surface area (Å²) >= 11 is 0. The summed E-state index contributed by atoms with van der Waals surface area (Å²) in [6.45, 7) is 1.19. The van der Waals surface area contributed by atoms with Gasteiger partial charge in [0.15, 0.2) is 6.61 Å². The molecule has 2 N–H and O–H groups in total. The molecule has 1 aliphatic rings. The molecule has 4 nitrogen and oxygen atoms in total. The summed E-state index contributed by atoms with van der Waals surface area (Å²) < 4.78 is 41.6. The third-order valence-electron chi connectivity index (χ3n) is 4.54. The Morgan fingerprint density at radius 2 is 1.89 bits per heavy atom. The minimum Gasteiger partial charge on any atom is -0.484 e. The maximum atomic E-state index is 12.3. The first-order chi connectivity index (χ1) is 13.3. The number of hydrogen-bond acceptors (Lipinski definition) is 3. The Labute approximate surface area is 162 Å². The van der Waals surface area contributed by atoms with Crippen LogP contribution in [0.3, 0.4) is 0 Å². The molecule has 0 heterocycles. The number of ether oxygens (including phenoxy) is 1. The Balaban J connectivity index is 1.50. The molecule has 0 aliphatic heterocycles. The van der Waals surface area contributed by atoms with Crippen LogP contribution >= 0.6 is 0 Å². The third kappa shape index (κ3) is 6.27. The van der Waals surface area contributed by atoms with E-state index in [4.69, 9.17) is 4.74 Å². The minimum atomic E-state index is -4.35. The van der Waals surface area contributed by atoms with Crippen LogP contribution in [-0.2, 0) is 11.3 Å². The standard InChI is InChI=1S/C21H23F3N2O2/c1-14(16-7-9-18(10-8-16)26-20(27)17-5-6-17)25-12-15-3-2-4-19(11-15)28-13-21(22,23)24/h2-4,7-11,14,17,25H,5-6,12-13H2,1H3,(H,26,27). The van der Waals surface area contributed by atoms with E-state index in [1.165, 1.54) is 6.07 Å². The molecule has 1 saturated carbocycles. The molecule has 1 fully saturated rings. The molecule has 28 heavy (non-hydrogen) atoms. The van der Waals surface area contributed by atoms with Crippen molar-refractivity contribution in [3.05, 3.63) is 59.7 Å². The van der Waals surface area contributed by atoms with Crippen LogP contribution in [0.15, 0.2) is 48.5 Å². The van der Waals surface area contributed by atoms with Crippen molar-refractivity contribution in [2.24, 2.45) is 5.92 Å². The molecule has 2 aromatic rings. The van der Waals surface area contributed by atoms with Gasteiger partial charge in [0.2, 0.25) is 5.91 Å². The van der Waals surface area contributed by atoms with Gasteiger partial charge in [-0.3, -0.25) is 4.79 Å². The zero-order valence-electron chi connectivity index (χ0n) is 15.6. The normalized spacial score (nSPS) is 15.1. The van der Waals surface area contributed by atoms with Gasteiger partial charge >= 0.3 is 6.18 Å². The summed E-state index contributed by atoms with van der Waals surface area (Å²) in [4.78, 5) is 11.8. The van der Waals surface area contributed by atoms with Crippen molar-refractivity contribution in [3.8, 4) is 5.75 Å². The summed E-state index contributed by atoms with van der Waals surface area (Å²) in [6.07, 6.45) is -2.42. The Morgan fingerprint density at radius 1 is 1.18 bits per heavy atom. The van der Waals surface area contributed by atoms with Crippen molar-refractivity contribution in [1.82, 2.24) is 5.32 Å². The highest BCUT2D eigenvalue weighted by molar-refractivity contribution is 5.94. The molecule has 0 saturated heterocycles. The lowest BCUT2D eigenvalue weighted by molar-refractivity contribution is -0.153. The van der Waals surface area contributed by atoms with E-state index in [9.17, 15) is 18.0 Å². The first kappa shape index (κ1) is 20.2. The lowest BCUT2D eigenvalue weighted by Gasteiger charge is -2.16. The summed E-state index contributed by atoms with van der Waals surface area (Å²) in [5.41, 5.74) is 2.66. The molecule has 0 aromatic heterocycles. The largest absolute Gasteiger partial charge is 0.484 e. The molecule has 0 bridgehead atoms. The van der Waals surface area contributed by atoms with Crippen LogP contribution in [0.2, 0.25) is 0 Å². The summed E-state index contributed by atoms with van der Waals surface area (Å²) in [5.74, 6) is 0.433. The maximum absolute atomic E-state index is 12.3. The zero-order valence-corrected chi connectivity index (χ0v) is 15.6. The van der Waals surface area contributed by atoms with Crippen LogP contribution in [0, 0.1) is 5.92 Å². The molecule has 1 aliphatic carbocycles. The van der Waals surface area contributed by atoms with Gasteiger partial charge in [0.25, 0.3) is 0 Å². The second-order valence-corrected chi connectivity index (χ2v) is 7.04. The molecule has 0 spiro atoms. The van der Waals surface area contributed by atoms with E-state index >= 15 is 0 Å². The third-order valence-corrected chi connectivity index (χ3v) is 4.54. The number of rotatable bonds is 8. The van der Waals surface area contributed by atoms with Crippen LogP contribution in [0.4, 0.5) is 18.9 Å². The van der Waals surface area contributed by atoms with Gasteiger partial charge in [-0.15, -0.1) is 0 Å². The number of alkyl halides is 3. The van der Waals surface area contributed by atoms with Crippen LogP contribution in [0.5, 0.6) is 5.75 Å². The van der Waals surface area contributed by atoms with Crippen molar-refractivity contribution in [2.75, 3.05) is 11.9 Å². The van der Waals surface area contributed by atoms with Crippen LogP contribution in [0.25, 0.3) is 0 Å². The molecule has 1 atom stereocenters. The fraction of sp³-hybridized carbons (Fsp3) is 0.381. The highest BCUT2D eigenvalue weighted by Gasteiger charge is 2.29. The van der Waals surface area contributed by atoms with E-state index in [0.717, 1.165) is 29.7 Å². The number of halogens is 3. The first-order valence-corrected chi connectivity index (χ1v) is 9.23. The lowest BCUT2D eigenvalue weighted by atomic mass is 10.1. The number of carbonyl (C=O) groups excluding carboxylic acids is 1. The smallest absolute Gasteiger partial charge is 0.422 e. The topological polar surface area (TPSA) is 50.4 Å². The van der Waals surface area contributed by atoms with Crippen LogP contribution < -0.4 is 15.4 Å². The second-order valence-electron chi connectivity index (χ2n) is 7.04. The van der Waals surface area contributed by atoms with Crippen molar-refractivity contribution < 1.29 is 22.7 Å². The van der Waals surface area contributed by atoms with E-state index in [1.807, 2.05) is 37.3 Å². The summed E-state index contributed by atoms with van der Waals surface area (Å²) in [6, 6.07) is 14.3. The van der Waals surface area contributed by atoms with Gasteiger partial charge in [-0.25, -0.2) is 0 Å². The van der Waals surface area contributed by atoms with Crippen LogP contribution in [-0.4, -0.2) is 18.7 Å². The van der Waals surface area contributed by atoms with E-state index in [2.05, 4.69) is 10.6 Å². The monoisotopic (exact) mass is 392 g/mol. The molecular formula is C21H23F3N2O2. The molecule has 2 aromatic carbocycles.